The van der Waals surface area contributed by atoms with E-state index in [-0.39, 0.29) is 61.0 Å². The van der Waals surface area contributed by atoms with Gasteiger partial charge in [-0.2, -0.15) is 0 Å². The minimum atomic E-state index is -0.349. The molecule has 0 heterocycles. The summed E-state index contributed by atoms with van der Waals surface area (Å²) in [4.78, 5) is 73.4. The molecule has 13 heteroatoms. The summed E-state index contributed by atoms with van der Waals surface area (Å²) in [6, 6.07) is 0. The van der Waals surface area contributed by atoms with Crippen molar-refractivity contribution in [2.24, 2.45) is 0 Å². The molecule has 0 aromatic carbocycles. The Labute approximate surface area is 231 Å². The summed E-state index contributed by atoms with van der Waals surface area (Å²) in [6.07, 6.45) is 1.69. The van der Waals surface area contributed by atoms with Gasteiger partial charge in [0.15, 0.2) is 0 Å². The Hall–Kier alpha value is -2.90. The number of nitrogens with one attached hydrogen (secondary N) is 3. The van der Waals surface area contributed by atoms with E-state index in [0.717, 1.165) is 0 Å². The van der Waals surface area contributed by atoms with Crippen molar-refractivity contribution in [1.29, 1.82) is 0 Å². The van der Waals surface area contributed by atoms with Crippen LogP contribution in [-0.2, 0) is 38.2 Å². The van der Waals surface area contributed by atoms with Crippen LogP contribution in [0.4, 0.5) is 0 Å². The Balaban J connectivity index is 4.09. The zero-order valence-corrected chi connectivity index (χ0v) is 24.0. The molecule has 224 valence electrons. The number of carbonyl (C=O) groups is 6. The van der Waals surface area contributed by atoms with Gasteiger partial charge in [-0.05, 0) is 13.8 Å². The number of hydrogen-bond acceptors (Lipinski definition) is 11. The third-order valence-electron chi connectivity index (χ3n) is 5.84. The predicted molar refractivity (Wildman–Crippen MR) is 145 cm³/mol. The summed E-state index contributed by atoms with van der Waals surface area (Å²) in [7, 11) is 2.63. The van der Waals surface area contributed by atoms with Crippen LogP contribution in [0.25, 0.3) is 0 Å². The first kappa shape index (κ1) is 36.1. The van der Waals surface area contributed by atoms with Crippen LogP contribution in [0, 0.1) is 0 Å². The van der Waals surface area contributed by atoms with Crippen LogP contribution in [-0.4, -0.2) is 125 Å². The Bertz CT molecular complexity index is 739. The molecule has 0 fully saturated rings. The molecule has 2 amide bonds. The molecule has 0 bridgehead atoms. The molecule has 0 saturated heterocycles. The fourth-order valence-corrected chi connectivity index (χ4v) is 3.42. The van der Waals surface area contributed by atoms with Gasteiger partial charge in [0.05, 0.1) is 27.1 Å². The first-order valence-electron chi connectivity index (χ1n) is 13.4. The minimum Gasteiger partial charge on any atom is -0.469 e. The van der Waals surface area contributed by atoms with Gasteiger partial charge in [0, 0.05) is 91.1 Å². The average Bonchev–Trinajstić information content (AvgIpc) is 2.90. The monoisotopic (exact) mass is 557 g/mol. The van der Waals surface area contributed by atoms with Gasteiger partial charge >= 0.3 is 11.9 Å². The van der Waals surface area contributed by atoms with Gasteiger partial charge in [0.1, 0.15) is 11.6 Å². The third kappa shape index (κ3) is 22.8. The molecule has 0 aromatic heterocycles. The van der Waals surface area contributed by atoms with E-state index < -0.39 is 0 Å². The van der Waals surface area contributed by atoms with Gasteiger partial charge in [-0.15, -0.1) is 0 Å². The third-order valence-corrected chi connectivity index (χ3v) is 5.84. The van der Waals surface area contributed by atoms with Crippen molar-refractivity contribution in [2.45, 2.75) is 52.4 Å². The summed E-state index contributed by atoms with van der Waals surface area (Å²) < 4.78 is 9.30. The van der Waals surface area contributed by atoms with Crippen molar-refractivity contribution < 1.29 is 38.2 Å². The number of carbonyl (C=O) groups excluding carboxylic acids is 6. The van der Waals surface area contributed by atoms with E-state index in [0.29, 0.717) is 78.3 Å². The molecule has 0 aliphatic carbocycles. The fraction of sp³-hybridized carbons (Fsp3) is 0.769. The highest BCUT2D eigenvalue weighted by molar-refractivity contribution is 5.77. The number of esters is 2. The van der Waals surface area contributed by atoms with E-state index in [1.165, 1.54) is 28.1 Å². The number of rotatable bonds is 24. The highest BCUT2D eigenvalue weighted by Gasteiger charge is 2.12. The first-order valence-corrected chi connectivity index (χ1v) is 13.4. The van der Waals surface area contributed by atoms with Crippen LogP contribution in [0.5, 0.6) is 0 Å². The molecule has 0 aromatic rings. The molecular formula is C26H47N5O8. The standard InChI is InChI=1S/C26H47N5O8/c1-21(32)7-15-30(16-8-22(2)33)19-13-28-23(34)5-11-27-12-6-24(35)29-14-20-31(17-9-25(36)38-3)18-10-26(37)39-4/h27H,5-20H2,1-4H3,(H,28,34)(H,29,35). The lowest BCUT2D eigenvalue weighted by molar-refractivity contribution is -0.141. The highest BCUT2D eigenvalue weighted by Crippen LogP contribution is 1.98. The Morgan fingerprint density at radius 3 is 1.21 bits per heavy atom. The molecule has 0 unspecified atom stereocenters. The lowest BCUT2D eigenvalue weighted by Crippen LogP contribution is -2.38. The molecular weight excluding hydrogens is 510 g/mol. The van der Waals surface area contributed by atoms with Gasteiger partial charge in [-0.1, -0.05) is 0 Å². The number of nitrogens with zero attached hydrogens (tertiary/aromatic N) is 2. The van der Waals surface area contributed by atoms with Crippen LogP contribution >= 0.6 is 0 Å². The SMILES string of the molecule is COC(=O)CCN(CCNC(=O)CCNCCC(=O)NCCN(CCC(C)=O)CCC(C)=O)CCC(=O)OC. The second-order valence-electron chi connectivity index (χ2n) is 9.19. The predicted octanol–water partition coefficient (Wildman–Crippen LogP) is -0.723. The van der Waals surface area contributed by atoms with E-state index in [1.54, 1.807) is 0 Å². The Kier molecular flexibility index (Phi) is 21.3. The molecule has 13 nitrogen and oxygen atoms in total. The molecule has 0 aliphatic rings. The molecule has 0 radical (unpaired) electrons. The van der Waals surface area contributed by atoms with E-state index in [4.69, 9.17) is 0 Å². The van der Waals surface area contributed by atoms with Crippen molar-refractivity contribution >= 4 is 35.3 Å². The summed E-state index contributed by atoms with van der Waals surface area (Å²) in [5.41, 5.74) is 0. The number of ether oxygens (including phenoxy) is 2. The molecule has 0 aliphatic heterocycles. The quantitative estimate of drug-likeness (QED) is 0.101. The summed E-state index contributed by atoms with van der Waals surface area (Å²) in [5.74, 6) is -0.802. The number of hydrogen-bond donors (Lipinski definition) is 3. The van der Waals surface area contributed by atoms with Gasteiger partial charge in [-0.3, -0.25) is 28.8 Å². The lowest BCUT2D eigenvalue weighted by atomic mass is 10.2. The Morgan fingerprint density at radius 1 is 0.513 bits per heavy atom. The largest absolute Gasteiger partial charge is 0.469 e. The van der Waals surface area contributed by atoms with E-state index in [9.17, 15) is 28.8 Å². The minimum absolute atomic E-state index is 0.0832. The van der Waals surface area contributed by atoms with Crippen LogP contribution in [0.15, 0.2) is 0 Å². The van der Waals surface area contributed by atoms with Gasteiger partial charge < -0.3 is 35.2 Å². The molecule has 0 atom stereocenters. The maximum Gasteiger partial charge on any atom is 0.306 e. The number of methoxy groups -OCH3 is 2. The van der Waals surface area contributed by atoms with Gasteiger partial charge in [0.2, 0.25) is 11.8 Å². The molecule has 3 N–H and O–H groups in total. The van der Waals surface area contributed by atoms with Crippen molar-refractivity contribution in [3.8, 4) is 0 Å². The van der Waals surface area contributed by atoms with Crippen molar-refractivity contribution in [2.75, 3.05) is 79.7 Å². The zero-order chi connectivity index (χ0) is 29.5. The van der Waals surface area contributed by atoms with E-state index in [2.05, 4.69) is 25.4 Å². The van der Waals surface area contributed by atoms with Gasteiger partial charge in [0.25, 0.3) is 0 Å². The second kappa shape index (κ2) is 23.0. The number of amides is 2. The molecule has 0 spiro atoms. The first-order chi connectivity index (χ1) is 18.6. The number of Topliss-reactive ketones (excluding diaryl/α,β-unsaturated/α-hetero) is 2. The lowest BCUT2D eigenvalue weighted by Gasteiger charge is -2.21. The maximum atomic E-state index is 12.1. The van der Waals surface area contributed by atoms with Crippen molar-refractivity contribution in [1.82, 2.24) is 25.8 Å². The highest BCUT2D eigenvalue weighted by atomic mass is 16.5. The molecule has 0 saturated carbocycles. The smallest absolute Gasteiger partial charge is 0.306 e. The summed E-state index contributed by atoms with van der Waals surface area (Å²) in [5, 5.41) is 8.72. The van der Waals surface area contributed by atoms with Crippen LogP contribution in [0.2, 0.25) is 0 Å². The topological polar surface area (TPSA) is 163 Å². The molecule has 0 rings (SSSR count). The summed E-state index contributed by atoms with van der Waals surface area (Å²) >= 11 is 0. The van der Waals surface area contributed by atoms with Crippen LogP contribution in [0.3, 0.4) is 0 Å². The Morgan fingerprint density at radius 2 is 0.872 bits per heavy atom. The summed E-state index contributed by atoms with van der Waals surface area (Å²) in [6.45, 7) is 7.62. The van der Waals surface area contributed by atoms with Crippen LogP contribution < -0.4 is 16.0 Å². The number of ketones is 2. The fourth-order valence-electron chi connectivity index (χ4n) is 3.42. The average molecular weight is 558 g/mol. The maximum absolute atomic E-state index is 12.1. The van der Waals surface area contributed by atoms with Crippen molar-refractivity contribution in [3.63, 3.8) is 0 Å². The van der Waals surface area contributed by atoms with E-state index >= 15 is 0 Å². The second-order valence-corrected chi connectivity index (χ2v) is 9.19. The normalized spacial score (nSPS) is 10.8. The van der Waals surface area contributed by atoms with Crippen LogP contribution in [0.1, 0.15) is 52.4 Å². The van der Waals surface area contributed by atoms with E-state index in [1.807, 2.05) is 9.80 Å². The molecule has 39 heavy (non-hydrogen) atoms. The zero-order valence-electron chi connectivity index (χ0n) is 24.0. The van der Waals surface area contributed by atoms with Gasteiger partial charge in [-0.25, -0.2) is 0 Å². The van der Waals surface area contributed by atoms with Crippen molar-refractivity contribution in [3.05, 3.63) is 0 Å².